The largest absolute Gasteiger partial charge is 0.324 e. The number of amides is 2. The lowest BCUT2D eigenvalue weighted by molar-refractivity contribution is 0.222. The average Bonchev–Trinajstić information content (AvgIpc) is 3.30. The van der Waals surface area contributed by atoms with Gasteiger partial charge in [0.1, 0.15) is 17.2 Å². The highest BCUT2D eigenvalue weighted by atomic mass is 35.5. The number of hydrogen-bond donors (Lipinski definition) is 1. The fourth-order valence-electron chi connectivity index (χ4n) is 3.66. The van der Waals surface area contributed by atoms with E-state index in [-0.39, 0.29) is 17.0 Å². The zero-order chi connectivity index (χ0) is 19.7. The van der Waals surface area contributed by atoms with Crippen LogP contribution in [0.3, 0.4) is 0 Å². The van der Waals surface area contributed by atoms with Crippen LogP contribution in [0.5, 0.6) is 0 Å². The molecule has 8 heteroatoms. The first-order valence-electron chi connectivity index (χ1n) is 9.39. The molecule has 1 aliphatic heterocycles. The monoisotopic (exact) mass is 401 g/mol. The van der Waals surface area contributed by atoms with Gasteiger partial charge in [-0.1, -0.05) is 18.5 Å². The Labute approximate surface area is 167 Å². The molecular formula is C20H21ClFN5O. The molecule has 1 N–H and O–H groups in total. The molecule has 1 fully saturated rings. The zero-order valence-electron chi connectivity index (χ0n) is 15.5. The standard InChI is InChI=1S/C20H21ClFN5O/c1-2-9-27-18(25-17-4-3-8-23-19(17)27)13-7-10-26(12-13)20(28)24-14-5-6-16(22)15(21)11-14/h3-6,8,11,13H,2,7,9-10,12H2,1H3,(H,24,28)/t13-/m0/s1. The number of halogens is 2. The number of pyridine rings is 1. The van der Waals surface area contributed by atoms with Gasteiger partial charge in [-0.25, -0.2) is 19.2 Å². The van der Waals surface area contributed by atoms with E-state index < -0.39 is 5.82 Å². The Morgan fingerprint density at radius 3 is 3.04 bits per heavy atom. The highest BCUT2D eigenvalue weighted by Crippen LogP contribution is 2.30. The molecule has 146 valence electrons. The van der Waals surface area contributed by atoms with E-state index in [1.165, 1.54) is 18.2 Å². The predicted molar refractivity (Wildman–Crippen MR) is 107 cm³/mol. The third-order valence-corrected chi connectivity index (χ3v) is 5.28. The van der Waals surface area contributed by atoms with E-state index in [1.54, 1.807) is 11.1 Å². The van der Waals surface area contributed by atoms with Crippen molar-refractivity contribution < 1.29 is 9.18 Å². The molecule has 3 heterocycles. The number of fused-ring (bicyclic) bond motifs is 1. The Kier molecular flexibility index (Phi) is 5.17. The molecule has 1 atom stereocenters. The number of imidazole rings is 1. The van der Waals surface area contributed by atoms with Crippen LogP contribution in [0, 0.1) is 5.82 Å². The number of likely N-dealkylation sites (tertiary alicyclic amines) is 1. The van der Waals surface area contributed by atoms with Gasteiger partial charge in [-0.15, -0.1) is 0 Å². The third kappa shape index (κ3) is 3.54. The number of nitrogens with zero attached hydrogens (tertiary/aromatic N) is 4. The molecule has 0 unspecified atom stereocenters. The van der Waals surface area contributed by atoms with Crippen LogP contribution in [0.15, 0.2) is 36.5 Å². The van der Waals surface area contributed by atoms with Crippen molar-refractivity contribution in [1.82, 2.24) is 19.4 Å². The van der Waals surface area contributed by atoms with E-state index in [9.17, 15) is 9.18 Å². The van der Waals surface area contributed by atoms with Crippen LogP contribution in [0.2, 0.25) is 5.02 Å². The Balaban J connectivity index is 1.51. The molecular weight excluding hydrogens is 381 g/mol. The van der Waals surface area contributed by atoms with Crippen LogP contribution in [0.4, 0.5) is 14.9 Å². The quantitative estimate of drug-likeness (QED) is 0.691. The van der Waals surface area contributed by atoms with Crippen LogP contribution in [-0.4, -0.2) is 38.6 Å². The van der Waals surface area contributed by atoms with E-state index in [0.717, 1.165) is 36.4 Å². The van der Waals surface area contributed by atoms with Crippen molar-refractivity contribution in [3.63, 3.8) is 0 Å². The summed E-state index contributed by atoms with van der Waals surface area (Å²) in [5, 5.41) is 2.77. The SMILES string of the molecule is CCCn1c([C@H]2CCN(C(=O)Nc3ccc(F)c(Cl)c3)C2)nc2cccnc21. The highest BCUT2D eigenvalue weighted by Gasteiger charge is 2.31. The van der Waals surface area contributed by atoms with Crippen molar-refractivity contribution in [1.29, 1.82) is 0 Å². The molecule has 0 aliphatic carbocycles. The number of rotatable bonds is 4. The summed E-state index contributed by atoms with van der Waals surface area (Å²) in [4.78, 5) is 23.6. The molecule has 6 nitrogen and oxygen atoms in total. The summed E-state index contributed by atoms with van der Waals surface area (Å²) >= 11 is 5.79. The molecule has 28 heavy (non-hydrogen) atoms. The Morgan fingerprint density at radius 1 is 1.39 bits per heavy atom. The summed E-state index contributed by atoms with van der Waals surface area (Å²) in [7, 11) is 0. The molecule has 0 radical (unpaired) electrons. The number of aromatic nitrogens is 3. The van der Waals surface area contributed by atoms with E-state index in [2.05, 4.69) is 21.8 Å². The van der Waals surface area contributed by atoms with Gasteiger partial charge < -0.3 is 14.8 Å². The Hall–Kier alpha value is -2.67. The van der Waals surface area contributed by atoms with Crippen molar-refractivity contribution in [2.75, 3.05) is 18.4 Å². The van der Waals surface area contributed by atoms with Crippen molar-refractivity contribution >= 4 is 34.5 Å². The summed E-state index contributed by atoms with van der Waals surface area (Å²) in [6.45, 7) is 4.18. The molecule has 1 saturated heterocycles. The lowest BCUT2D eigenvalue weighted by atomic mass is 10.1. The van der Waals surface area contributed by atoms with Crippen molar-refractivity contribution in [2.24, 2.45) is 0 Å². The molecule has 2 amide bonds. The van der Waals surface area contributed by atoms with Gasteiger partial charge in [0.15, 0.2) is 5.65 Å². The number of anilines is 1. The van der Waals surface area contributed by atoms with Crippen LogP contribution < -0.4 is 5.32 Å². The normalized spacial score (nSPS) is 16.7. The minimum absolute atomic E-state index is 0.0159. The fourth-order valence-corrected chi connectivity index (χ4v) is 3.84. The summed E-state index contributed by atoms with van der Waals surface area (Å²) in [6, 6.07) is 7.78. The van der Waals surface area contributed by atoms with Gasteiger partial charge in [-0.05, 0) is 43.2 Å². The maximum absolute atomic E-state index is 13.3. The smallest absolute Gasteiger partial charge is 0.321 e. The maximum atomic E-state index is 13.3. The summed E-state index contributed by atoms with van der Waals surface area (Å²) in [5.74, 6) is 0.628. The van der Waals surface area contributed by atoms with Gasteiger partial charge in [-0.3, -0.25) is 0 Å². The van der Waals surface area contributed by atoms with E-state index in [1.807, 2.05) is 12.1 Å². The number of nitrogens with one attached hydrogen (secondary N) is 1. The van der Waals surface area contributed by atoms with Crippen LogP contribution >= 0.6 is 11.6 Å². The van der Waals surface area contributed by atoms with Gasteiger partial charge in [-0.2, -0.15) is 0 Å². The molecule has 0 saturated carbocycles. The number of aryl methyl sites for hydroxylation is 1. The molecule has 0 bridgehead atoms. The van der Waals surface area contributed by atoms with E-state index >= 15 is 0 Å². The van der Waals surface area contributed by atoms with Gasteiger partial charge >= 0.3 is 6.03 Å². The van der Waals surface area contributed by atoms with Crippen LogP contribution in [0.25, 0.3) is 11.2 Å². The van der Waals surface area contributed by atoms with Gasteiger partial charge in [0, 0.05) is 37.4 Å². The molecule has 3 aromatic rings. The lowest BCUT2D eigenvalue weighted by Crippen LogP contribution is -2.33. The maximum Gasteiger partial charge on any atom is 0.321 e. The molecule has 0 spiro atoms. The predicted octanol–water partition coefficient (Wildman–Crippen LogP) is 4.66. The molecule has 2 aromatic heterocycles. The zero-order valence-corrected chi connectivity index (χ0v) is 16.3. The second-order valence-electron chi connectivity index (χ2n) is 6.96. The van der Waals surface area contributed by atoms with Crippen LogP contribution in [0.1, 0.15) is 31.5 Å². The minimum Gasteiger partial charge on any atom is -0.324 e. The number of urea groups is 1. The van der Waals surface area contributed by atoms with Crippen molar-refractivity contribution in [2.45, 2.75) is 32.2 Å². The van der Waals surface area contributed by atoms with Crippen molar-refractivity contribution in [3.8, 4) is 0 Å². The van der Waals surface area contributed by atoms with Gasteiger partial charge in [0.05, 0.1) is 5.02 Å². The molecule has 1 aromatic carbocycles. The fraction of sp³-hybridized carbons (Fsp3) is 0.350. The first-order valence-corrected chi connectivity index (χ1v) is 9.76. The van der Waals surface area contributed by atoms with Crippen LogP contribution in [-0.2, 0) is 6.54 Å². The summed E-state index contributed by atoms with van der Waals surface area (Å²) in [6.07, 6.45) is 3.60. The van der Waals surface area contributed by atoms with E-state index in [4.69, 9.17) is 16.6 Å². The Morgan fingerprint density at radius 2 is 2.25 bits per heavy atom. The van der Waals surface area contributed by atoms with E-state index in [0.29, 0.717) is 18.8 Å². The topological polar surface area (TPSA) is 63.1 Å². The van der Waals surface area contributed by atoms with Gasteiger partial charge in [0.25, 0.3) is 0 Å². The first-order chi connectivity index (χ1) is 13.6. The lowest BCUT2D eigenvalue weighted by Gasteiger charge is -2.18. The third-order valence-electron chi connectivity index (χ3n) is 4.99. The number of benzene rings is 1. The molecule has 4 rings (SSSR count). The average molecular weight is 402 g/mol. The van der Waals surface area contributed by atoms with Gasteiger partial charge in [0.2, 0.25) is 0 Å². The second kappa shape index (κ2) is 7.75. The number of carbonyl (C=O) groups is 1. The van der Waals surface area contributed by atoms with Crippen molar-refractivity contribution in [3.05, 3.63) is 53.2 Å². The second-order valence-corrected chi connectivity index (χ2v) is 7.37. The number of carbonyl (C=O) groups excluding carboxylic acids is 1. The molecule has 1 aliphatic rings. The Bertz CT molecular complexity index is 1020. The summed E-state index contributed by atoms with van der Waals surface area (Å²) in [5.41, 5.74) is 2.25. The first kappa shape index (κ1) is 18.7. The minimum atomic E-state index is -0.510. The summed E-state index contributed by atoms with van der Waals surface area (Å²) < 4.78 is 15.5. The number of hydrogen-bond acceptors (Lipinski definition) is 3. The highest BCUT2D eigenvalue weighted by molar-refractivity contribution is 6.31.